The number of benzene rings is 1. The second-order valence-corrected chi connectivity index (χ2v) is 3.57. The SMILES string of the molecule is Cn1oc(=O)c2cc3cc(F)ccc3nc21. The highest BCUT2D eigenvalue weighted by Crippen LogP contribution is 2.18. The zero-order valence-electron chi connectivity index (χ0n) is 8.40. The van der Waals surface area contributed by atoms with E-state index >= 15 is 0 Å². The number of aromatic nitrogens is 2. The van der Waals surface area contributed by atoms with E-state index in [1.54, 1.807) is 19.2 Å². The van der Waals surface area contributed by atoms with Crippen LogP contribution in [0, 0.1) is 5.82 Å². The van der Waals surface area contributed by atoms with E-state index in [0.29, 0.717) is 21.9 Å². The van der Waals surface area contributed by atoms with Crippen molar-refractivity contribution in [2.75, 3.05) is 0 Å². The lowest BCUT2D eigenvalue weighted by atomic mass is 10.2. The minimum Gasteiger partial charge on any atom is -0.334 e. The van der Waals surface area contributed by atoms with Crippen molar-refractivity contribution in [2.45, 2.75) is 0 Å². The van der Waals surface area contributed by atoms with Crippen LogP contribution in [0.3, 0.4) is 0 Å². The fraction of sp³-hybridized carbons (Fsp3) is 0.0909. The maximum atomic E-state index is 13.0. The van der Waals surface area contributed by atoms with E-state index in [0.717, 1.165) is 0 Å². The summed E-state index contributed by atoms with van der Waals surface area (Å²) < 4.78 is 19.2. The van der Waals surface area contributed by atoms with Gasteiger partial charge < -0.3 is 4.52 Å². The van der Waals surface area contributed by atoms with Crippen LogP contribution >= 0.6 is 0 Å². The summed E-state index contributed by atoms with van der Waals surface area (Å²) >= 11 is 0. The van der Waals surface area contributed by atoms with Gasteiger partial charge in [-0.3, -0.25) is 0 Å². The first-order valence-electron chi connectivity index (χ1n) is 4.71. The Balaban J connectivity index is 2.56. The first-order chi connectivity index (χ1) is 7.65. The number of rotatable bonds is 0. The molecule has 0 spiro atoms. The van der Waals surface area contributed by atoms with Crippen molar-refractivity contribution in [2.24, 2.45) is 7.05 Å². The summed E-state index contributed by atoms with van der Waals surface area (Å²) in [6.07, 6.45) is 0. The van der Waals surface area contributed by atoms with Crippen LogP contribution in [0.2, 0.25) is 0 Å². The third-order valence-corrected chi connectivity index (χ3v) is 2.49. The summed E-state index contributed by atoms with van der Waals surface area (Å²) in [5.41, 5.74) is 0.630. The molecule has 3 rings (SSSR count). The fourth-order valence-corrected chi connectivity index (χ4v) is 1.74. The van der Waals surface area contributed by atoms with E-state index in [9.17, 15) is 9.18 Å². The van der Waals surface area contributed by atoms with Crippen LogP contribution in [-0.4, -0.2) is 9.72 Å². The van der Waals surface area contributed by atoms with Gasteiger partial charge in [-0.05, 0) is 24.3 Å². The standard InChI is InChI=1S/C11H7FN2O2/c1-14-10-8(11(15)16-14)5-6-4-7(12)2-3-9(6)13-10/h2-5H,1H3. The van der Waals surface area contributed by atoms with Gasteiger partial charge in [-0.1, -0.05) is 0 Å². The van der Waals surface area contributed by atoms with Crippen LogP contribution in [0.15, 0.2) is 33.6 Å². The Morgan fingerprint density at radius 2 is 2.19 bits per heavy atom. The van der Waals surface area contributed by atoms with Gasteiger partial charge in [-0.2, -0.15) is 4.74 Å². The molecule has 80 valence electrons. The Kier molecular flexibility index (Phi) is 1.65. The van der Waals surface area contributed by atoms with Crippen molar-refractivity contribution in [3.63, 3.8) is 0 Å². The summed E-state index contributed by atoms with van der Waals surface area (Å²) in [5.74, 6) is -0.353. The molecule has 0 fully saturated rings. The van der Waals surface area contributed by atoms with Crippen molar-refractivity contribution >= 4 is 21.9 Å². The fourth-order valence-electron chi connectivity index (χ4n) is 1.74. The Hall–Kier alpha value is -2.17. The van der Waals surface area contributed by atoms with Crippen molar-refractivity contribution in [3.05, 3.63) is 40.5 Å². The molecule has 0 unspecified atom stereocenters. The normalized spacial score (nSPS) is 11.4. The van der Waals surface area contributed by atoms with Gasteiger partial charge in [0.25, 0.3) is 0 Å². The van der Waals surface area contributed by atoms with E-state index in [2.05, 4.69) is 4.98 Å². The minimum atomic E-state index is -0.462. The molecule has 0 aliphatic heterocycles. The van der Waals surface area contributed by atoms with E-state index < -0.39 is 5.63 Å². The molecule has 0 saturated heterocycles. The van der Waals surface area contributed by atoms with Crippen LogP contribution < -0.4 is 5.63 Å². The minimum absolute atomic E-state index is 0.353. The number of hydrogen-bond donors (Lipinski definition) is 0. The molecule has 0 saturated carbocycles. The van der Waals surface area contributed by atoms with Crippen LogP contribution in [0.1, 0.15) is 0 Å². The second-order valence-electron chi connectivity index (χ2n) is 3.57. The Morgan fingerprint density at radius 3 is 3.00 bits per heavy atom. The number of nitrogens with zero attached hydrogens (tertiary/aromatic N) is 2. The van der Waals surface area contributed by atoms with Crippen molar-refractivity contribution in [1.29, 1.82) is 0 Å². The summed E-state index contributed by atoms with van der Waals surface area (Å²) in [7, 11) is 1.60. The molecule has 5 heteroatoms. The zero-order valence-corrected chi connectivity index (χ0v) is 8.40. The largest absolute Gasteiger partial charge is 0.367 e. The molecule has 3 aromatic rings. The van der Waals surface area contributed by atoms with E-state index in [-0.39, 0.29) is 5.82 Å². The van der Waals surface area contributed by atoms with Gasteiger partial charge in [-0.25, -0.2) is 14.2 Å². The van der Waals surface area contributed by atoms with Crippen LogP contribution in [0.5, 0.6) is 0 Å². The van der Waals surface area contributed by atoms with Crippen molar-refractivity contribution < 1.29 is 8.91 Å². The predicted molar refractivity (Wildman–Crippen MR) is 56.7 cm³/mol. The van der Waals surface area contributed by atoms with Gasteiger partial charge in [-0.15, -0.1) is 0 Å². The van der Waals surface area contributed by atoms with Gasteiger partial charge in [0.05, 0.1) is 5.52 Å². The highest BCUT2D eigenvalue weighted by molar-refractivity contribution is 5.90. The van der Waals surface area contributed by atoms with E-state index in [1.165, 1.54) is 16.9 Å². The third-order valence-electron chi connectivity index (χ3n) is 2.49. The number of halogens is 1. The predicted octanol–water partition coefficient (Wildman–Crippen LogP) is 1.82. The van der Waals surface area contributed by atoms with Gasteiger partial charge in [0.1, 0.15) is 11.2 Å². The Bertz CT molecular complexity index is 758. The lowest BCUT2D eigenvalue weighted by Crippen LogP contribution is -1.91. The monoisotopic (exact) mass is 218 g/mol. The molecular formula is C11H7FN2O2. The van der Waals surface area contributed by atoms with Crippen LogP contribution in [0.25, 0.3) is 21.9 Å². The molecule has 2 heterocycles. The highest BCUT2D eigenvalue weighted by atomic mass is 19.1. The third kappa shape index (κ3) is 1.14. The summed E-state index contributed by atoms with van der Waals surface area (Å²) in [6, 6.07) is 5.84. The number of pyridine rings is 1. The van der Waals surface area contributed by atoms with Gasteiger partial charge >= 0.3 is 5.63 Å². The van der Waals surface area contributed by atoms with Gasteiger partial charge in [0.2, 0.25) is 0 Å². The lowest BCUT2D eigenvalue weighted by Gasteiger charge is -1.97. The average Bonchev–Trinajstić information content (AvgIpc) is 2.52. The summed E-state index contributed by atoms with van der Waals surface area (Å²) in [6.45, 7) is 0. The molecule has 16 heavy (non-hydrogen) atoms. The zero-order chi connectivity index (χ0) is 11.3. The molecule has 0 aliphatic rings. The Labute approximate surface area is 88.9 Å². The molecule has 0 atom stereocenters. The first-order valence-corrected chi connectivity index (χ1v) is 4.71. The topological polar surface area (TPSA) is 48.0 Å². The average molecular weight is 218 g/mol. The molecule has 4 nitrogen and oxygen atoms in total. The molecule has 0 amide bonds. The van der Waals surface area contributed by atoms with Crippen molar-refractivity contribution in [3.8, 4) is 0 Å². The summed E-state index contributed by atoms with van der Waals surface area (Å²) in [4.78, 5) is 15.6. The van der Waals surface area contributed by atoms with Crippen LogP contribution in [-0.2, 0) is 7.05 Å². The van der Waals surface area contributed by atoms with E-state index in [4.69, 9.17) is 4.52 Å². The molecule has 0 radical (unpaired) electrons. The second kappa shape index (κ2) is 2.91. The van der Waals surface area contributed by atoms with Gasteiger partial charge in [0.15, 0.2) is 5.65 Å². The van der Waals surface area contributed by atoms with Crippen molar-refractivity contribution in [1.82, 2.24) is 9.72 Å². The molecular weight excluding hydrogens is 211 g/mol. The number of aryl methyl sites for hydroxylation is 1. The molecule has 0 N–H and O–H groups in total. The molecule has 2 aromatic heterocycles. The summed E-state index contributed by atoms with van der Waals surface area (Å²) in [5, 5.41) is 0.951. The number of hydrogen-bond acceptors (Lipinski definition) is 3. The highest BCUT2D eigenvalue weighted by Gasteiger charge is 2.09. The maximum absolute atomic E-state index is 13.0. The van der Waals surface area contributed by atoms with Gasteiger partial charge in [0, 0.05) is 12.4 Å². The maximum Gasteiger partial charge on any atom is 0.367 e. The van der Waals surface area contributed by atoms with Crippen LogP contribution in [0.4, 0.5) is 4.39 Å². The molecule has 1 aromatic carbocycles. The number of fused-ring (bicyclic) bond motifs is 2. The smallest absolute Gasteiger partial charge is 0.334 e. The Morgan fingerprint density at radius 1 is 1.38 bits per heavy atom. The molecule has 0 aliphatic carbocycles. The molecule has 0 bridgehead atoms. The van der Waals surface area contributed by atoms with E-state index in [1.807, 2.05) is 0 Å². The lowest BCUT2D eigenvalue weighted by molar-refractivity contribution is 0.294. The first kappa shape index (κ1) is 9.08. The quantitative estimate of drug-likeness (QED) is 0.578.